The first-order valence-electron chi connectivity index (χ1n) is 4.98. The number of carbonyl (C=O) groups excluding carboxylic acids is 1. The molecule has 4 nitrogen and oxygen atoms in total. The van der Waals surface area contributed by atoms with Crippen LogP contribution in [0.5, 0.6) is 0 Å². The largest absolute Gasteiger partial charge is 0.452 e. The van der Waals surface area contributed by atoms with E-state index in [2.05, 4.69) is 27.7 Å². The first-order valence-corrected chi connectivity index (χ1v) is 4.98. The van der Waals surface area contributed by atoms with Gasteiger partial charge in [-0.05, 0) is 24.0 Å². The monoisotopic (exact) mass is 206 g/mol. The van der Waals surface area contributed by atoms with Crippen LogP contribution < -0.4 is 10.9 Å². The van der Waals surface area contributed by atoms with E-state index in [4.69, 9.17) is 0 Å². The third kappa shape index (κ3) is 2.10. The maximum absolute atomic E-state index is 10.9. The molecule has 1 unspecified atom stereocenters. The number of fused-ring (bicyclic) bond motifs is 1. The van der Waals surface area contributed by atoms with Crippen molar-refractivity contribution in [3.05, 3.63) is 35.4 Å². The number of ether oxygens (including phenoxy) is 1. The van der Waals surface area contributed by atoms with Gasteiger partial charge in [0.1, 0.15) is 0 Å². The first-order chi connectivity index (χ1) is 7.31. The molecular weight excluding hydrogens is 192 g/mol. The zero-order chi connectivity index (χ0) is 10.7. The number of methoxy groups -OCH3 is 1. The highest BCUT2D eigenvalue weighted by Gasteiger charge is 2.21. The number of rotatable bonds is 2. The quantitative estimate of drug-likeness (QED) is 0.721. The van der Waals surface area contributed by atoms with Crippen molar-refractivity contribution < 1.29 is 9.53 Å². The van der Waals surface area contributed by atoms with Crippen LogP contribution in [0.15, 0.2) is 24.3 Å². The lowest BCUT2D eigenvalue weighted by Crippen LogP contribution is -2.39. The summed E-state index contributed by atoms with van der Waals surface area (Å²) < 4.78 is 4.49. The van der Waals surface area contributed by atoms with E-state index in [0.717, 1.165) is 12.8 Å². The minimum Gasteiger partial charge on any atom is -0.452 e. The summed E-state index contributed by atoms with van der Waals surface area (Å²) in [6.45, 7) is 0. The number of hydrogen-bond donors (Lipinski definition) is 2. The topological polar surface area (TPSA) is 50.4 Å². The number of amides is 1. The van der Waals surface area contributed by atoms with E-state index in [1.54, 1.807) is 0 Å². The predicted octanol–water partition coefficient (Wildman–Crippen LogP) is 1.53. The third-order valence-electron chi connectivity index (χ3n) is 2.67. The molecule has 0 saturated carbocycles. The number of nitrogens with one attached hydrogen (secondary N) is 2. The van der Waals surface area contributed by atoms with E-state index in [-0.39, 0.29) is 6.04 Å². The van der Waals surface area contributed by atoms with Crippen molar-refractivity contribution in [2.45, 2.75) is 18.9 Å². The second kappa shape index (κ2) is 4.31. The fourth-order valence-corrected chi connectivity index (χ4v) is 1.90. The fraction of sp³-hybridized carbons (Fsp3) is 0.364. The van der Waals surface area contributed by atoms with Gasteiger partial charge in [-0.25, -0.2) is 10.2 Å². The van der Waals surface area contributed by atoms with E-state index in [0.29, 0.717) is 0 Å². The zero-order valence-electron chi connectivity index (χ0n) is 8.62. The van der Waals surface area contributed by atoms with Gasteiger partial charge in [-0.3, -0.25) is 5.43 Å². The lowest BCUT2D eigenvalue weighted by molar-refractivity contribution is 0.163. The normalized spacial score (nSPS) is 18.3. The molecule has 1 amide bonds. The summed E-state index contributed by atoms with van der Waals surface area (Å²) in [5, 5.41) is 0. The van der Waals surface area contributed by atoms with Gasteiger partial charge in [-0.1, -0.05) is 24.3 Å². The van der Waals surface area contributed by atoms with Crippen molar-refractivity contribution in [3.63, 3.8) is 0 Å². The molecule has 1 aromatic rings. The van der Waals surface area contributed by atoms with E-state index in [1.165, 1.54) is 18.2 Å². The summed E-state index contributed by atoms with van der Waals surface area (Å²) in [4.78, 5) is 10.9. The minimum atomic E-state index is -0.459. The van der Waals surface area contributed by atoms with Gasteiger partial charge in [0.05, 0.1) is 13.2 Å². The fourth-order valence-electron chi connectivity index (χ4n) is 1.90. The minimum absolute atomic E-state index is 0.195. The smallest absolute Gasteiger partial charge is 0.421 e. The van der Waals surface area contributed by atoms with Gasteiger partial charge in [0.15, 0.2) is 0 Å². The molecule has 1 aromatic carbocycles. The van der Waals surface area contributed by atoms with Crippen molar-refractivity contribution in [2.75, 3.05) is 7.11 Å². The Kier molecular flexibility index (Phi) is 2.87. The summed E-state index contributed by atoms with van der Waals surface area (Å²) in [5.74, 6) is 0. The molecule has 0 spiro atoms. The molecule has 2 N–H and O–H groups in total. The second-order valence-corrected chi connectivity index (χ2v) is 3.55. The Bertz CT molecular complexity index is 365. The molecule has 4 heteroatoms. The Morgan fingerprint density at radius 2 is 2.27 bits per heavy atom. The lowest BCUT2D eigenvalue weighted by Gasteiger charge is -2.13. The van der Waals surface area contributed by atoms with Crippen LogP contribution >= 0.6 is 0 Å². The maximum atomic E-state index is 10.9. The highest BCUT2D eigenvalue weighted by Crippen LogP contribution is 2.29. The van der Waals surface area contributed by atoms with E-state index in [1.807, 2.05) is 12.1 Å². The zero-order valence-corrected chi connectivity index (χ0v) is 8.62. The van der Waals surface area contributed by atoms with Crippen LogP contribution in [0.4, 0.5) is 4.79 Å². The Labute approximate surface area is 88.6 Å². The van der Waals surface area contributed by atoms with E-state index in [9.17, 15) is 4.79 Å². The molecule has 1 aliphatic carbocycles. The highest BCUT2D eigenvalue weighted by molar-refractivity contribution is 5.66. The SMILES string of the molecule is COC(=O)NNC1CCc2ccccc21. The standard InChI is InChI=1S/C11H14N2O2/c1-15-11(14)13-12-10-7-6-8-4-2-3-5-9(8)10/h2-5,10,12H,6-7H2,1H3,(H,13,14). The van der Waals surface area contributed by atoms with Gasteiger partial charge in [-0.2, -0.15) is 0 Å². The van der Waals surface area contributed by atoms with Crippen molar-refractivity contribution in [1.82, 2.24) is 10.9 Å². The molecule has 0 aromatic heterocycles. The molecule has 0 bridgehead atoms. The van der Waals surface area contributed by atoms with Crippen molar-refractivity contribution in [3.8, 4) is 0 Å². The molecule has 1 atom stereocenters. The van der Waals surface area contributed by atoms with Crippen LogP contribution in [0, 0.1) is 0 Å². The number of benzene rings is 1. The molecule has 80 valence electrons. The molecule has 0 heterocycles. The summed E-state index contributed by atoms with van der Waals surface area (Å²) >= 11 is 0. The van der Waals surface area contributed by atoms with Crippen molar-refractivity contribution in [1.29, 1.82) is 0 Å². The van der Waals surface area contributed by atoms with Crippen LogP contribution in [0.2, 0.25) is 0 Å². The number of hydrazine groups is 1. The summed E-state index contributed by atoms with van der Waals surface area (Å²) in [6, 6.07) is 8.44. The molecule has 1 aliphatic rings. The highest BCUT2D eigenvalue weighted by atomic mass is 16.5. The Hall–Kier alpha value is -1.55. The van der Waals surface area contributed by atoms with E-state index >= 15 is 0 Å². The van der Waals surface area contributed by atoms with E-state index < -0.39 is 6.09 Å². The molecule has 0 radical (unpaired) electrons. The maximum Gasteiger partial charge on any atom is 0.421 e. The summed E-state index contributed by atoms with van der Waals surface area (Å²) in [7, 11) is 1.35. The molecule has 0 fully saturated rings. The van der Waals surface area contributed by atoms with Crippen LogP contribution in [-0.2, 0) is 11.2 Å². The predicted molar refractivity (Wildman–Crippen MR) is 56.2 cm³/mol. The molecule has 0 aliphatic heterocycles. The van der Waals surface area contributed by atoms with Gasteiger partial charge in [0.2, 0.25) is 0 Å². The molecule has 15 heavy (non-hydrogen) atoms. The van der Waals surface area contributed by atoms with Crippen LogP contribution in [0.1, 0.15) is 23.6 Å². The second-order valence-electron chi connectivity index (χ2n) is 3.55. The number of carbonyl (C=O) groups is 1. The summed E-state index contributed by atoms with van der Waals surface area (Å²) in [5.41, 5.74) is 8.07. The average Bonchev–Trinajstić information content (AvgIpc) is 2.69. The Morgan fingerprint density at radius 3 is 3.07 bits per heavy atom. The molecule has 2 rings (SSSR count). The van der Waals surface area contributed by atoms with Gasteiger partial charge < -0.3 is 4.74 Å². The summed E-state index contributed by atoms with van der Waals surface area (Å²) in [6.07, 6.45) is 1.60. The van der Waals surface area contributed by atoms with Crippen LogP contribution in [0.25, 0.3) is 0 Å². The van der Waals surface area contributed by atoms with Crippen molar-refractivity contribution >= 4 is 6.09 Å². The number of hydrogen-bond acceptors (Lipinski definition) is 3. The Morgan fingerprint density at radius 1 is 1.47 bits per heavy atom. The van der Waals surface area contributed by atoms with Crippen molar-refractivity contribution in [2.24, 2.45) is 0 Å². The molecule has 0 saturated heterocycles. The van der Waals surface area contributed by atoms with Gasteiger partial charge in [0, 0.05) is 0 Å². The van der Waals surface area contributed by atoms with Gasteiger partial charge in [-0.15, -0.1) is 0 Å². The van der Waals surface area contributed by atoms with Crippen LogP contribution in [-0.4, -0.2) is 13.2 Å². The average molecular weight is 206 g/mol. The lowest BCUT2D eigenvalue weighted by atomic mass is 10.1. The van der Waals surface area contributed by atoms with Crippen LogP contribution in [0.3, 0.4) is 0 Å². The van der Waals surface area contributed by atoms with Gasteiger partial charge >= 0.3 is 6.09 Å². The number of aryl methyl sites for hydroxylation is 1. The third-order valence-corrected chi connectivity index (χ3v) is 2.67. The Balaban J connectivity index is 1.99. The molecular formula is C11H14N2O2. The van der Waals surface area contributed by atoms with Gasteiger partial charge in [0.25, 0.3) is 0 Å². The first kappa shape index (κ1) is 9.98.